The molecule has 0 aliphatic carbocycles. The fourth-order valence-electron chi connectivity index (χ4n) is 2.06. The third-order valence-electron chi connectivity index (χ3n) is 3.06. The van der Waals surface area contributed by atoms with Gasteiger partial charge in [0.15, 0.2) is 6.29 Å². The van der Waals surface area contributed by atoms with Crippen LogP contribution in [0.4, 0.5) is 0 Å². The van der Waals surface area contributed by atoms with Gasteiger partial charge in [0, 0.05) is 12.1 Å². The van der Waals surface area contributed by atoms with Crippen molar-refractivity contribution in [2.75, 3.05) is 14.1 Å². The standard InChI is InChI=1S/C17H17NO2/c1-18(2)11-13-3-5-14(6-4-13)15-7-9-16(10-8-15)17(20)12-19/h3-10,12H,11H2,1-2H3. The fourth-order valence-corrected chi connectivity index (χ4v) is 2.06. The Bertz CT molecular complexity index is 598. The first kappa shape index (κ1) is 14.2. The maximum absolute atomic E-state index is 11.2. The highest BCUT2D eigenvalue weighted by Crippen LogP contribution is 2.20. The van der Waals surface area contributed by atoms with Crippen molar-refractivity contribution in [2.24, 2.45) is 0 Å². The summed E-state index contributed by atoms with van der Waals surface area (Å²) in [4.78, 5) is 23.8. The van der Waals surface area contributed by atoms with Crippen molar-refractivity contribution in [3.8, 4) is 11.1 Å². The van der Waals surface area contributed by atoms with Crippen molar-refractivity contribution < 1.29 is 9.59 Å². The zero-order valence-electron chi connectivity index (χ0n) is 11.7. The van der Waals surface area contributed by atoms with Crippen molar-refractivity contribution >= 4 is 12.1 Å². The molecular weight excluding hydrogens is 250 g/mol. The number of ketones is 1. The number of carbonyl (C=O) groups is 2. The van der Waals surface area contributed by atoms with E-state index < -0.39 is 5.78 Å². The number of nitrogens with zero attached hydrogens (tertiary/aromatic N) is 1. The van der Waals surface area contributed by atoms with Crippen LogP contribution in [0, 0.1) is 0 Å². The normalized spacial score (nSPS) is 10.6. The molecule has 3 nitrogen and oxygen atoms in total. The van der Waals surface area contributed by atoms with E-state index in [1.54, 1.807) is 12.1 Å². The molecular formula is C17H17NO2. The molecule has 2 aromatic carbocycles. The van der Waals surface area contributed by atoms with Crippen LogP contribution in [0.3, 0.4) is 0 Å². The van der Waals surface area contributed by atoms with Gasteiger partial charge in [-0.2, -0.15) is 0 Å². The van der Waals surface area contributed by atoms with Gasteiger partial charge in [-0.3, -0.25) is 9.59 Å². The average molecular weight is 267 g/mol. The van der Waals surface area contributed by atoms with Crippen LogP contribution in [-0.4, -0.2) is 31.1 Å². The van der Waals surface area contributed by atoms with Crippen LogP contribution in [0.25, 0.3) is 11.1 Å². The summed E-state index contributed by atoms with van der Waals surface area (Å²) >= 11 is 0. The number of benzene rings is 2. The Morgan fingerprint density at radius 2 is 1.45 bits per heavy atom. The summed E-state index contributed by atoms with van der Waals surface area (Å²) in [5.74, 6) is -0.488. The number of Topliss-reactive ketones (excluding diaryl/α,β-unsaturated/α-hetero) is 1. The molecule has 0 saturated carbocycles. The summed E-state index contributed by atoms with van der Waals surface area (Å²) < 4.78 is 0. The monoisotopic (exact) mass is 267 g/mol. The van der Waals surface area contributed by atoms with Gasteiger partial charge in [-0.1, -0.05) is 48.5 Å². The summed E-state index contributed by atoms with van der Waals surface area (Å²) in [5.41, 5.74) is 3.81. The second-order valence-corrected chi connectivity index (χ2v) is 4.99. The lowest BCUT2D eigenvalue weighted by Crippen LogP contribution is -2.10. The van der Waals surface area contributed by atoms with E-state index in [1.165, 1.54) is 5.56 Å². The van der Waals surface area contributed by atoms with E-state index in [0.29, 0.717) is 11.8 Å². The van der Waals surface area contributed by atoms with Gasteiger partial charge >= 0.3 is 0 Å². The summed E-state index contributed by atoms with van der Waals surface area (Å²) in [6.07, 6.45) is 0.338. The van der Waals surface area contributed by atoms with Gasteiger partial charge in [0.1, 0.15) is 0 Å². The van der Waals surface area contributed by atoms with Crippen molar-refractivity contribution in [1.82, 2.24) is 4.90 Å². The number of rotatable bonds is 5. The first-order chi connectivity index (χ1) is 9.60. The summed E-state index contributed by atoms with van der Waals surface area (Å²) in [5, 5.41) is 0. The lowest BCUT2D eigenvalue weighted by atomic mass is 10.0. The Kier molecular flexibility index (Phi) is 4.43. The highest BCUT2D eigenvalue weighted by atomic mass is 16.2. The van der Waals surface area contributed by atoms with Gasteiger partial charge in [0.05, 0.1) is 0 Å². The van der Waals surface area contributed by atoms with Crippen LogP contribution in [0.5, 0.6) is 0 Å². The molecule has 0 atom stereocenters. The first-order valence-electron chi connectivity index (χ1n) is 6.44. The van der Waals surface area contributed by atoms with Gasteiger partial charge in [0.25, 0.3) is 0 Å². The first-order valence-corrected chi connectivity index (χ1v) is 6.44. The Balaban J connectivity index is 2.19. The minimum absolute atomic E-state index is 0.338. The van der Waals surface area contributed by atoms with Crippen LogP contribution in [0.15, 0.2) is 48.5 Å². The third kappa shape index (κ3) is 3.39. The molecule has 0 unspecified atom stereocenters. The fraction of sp³-hybridized carbons (Fsp3) is 0.176. The van der Waals surface area contributed by atoms with Crippen LogP contribution in [0.1, 0.15) is 15.9 Å². The maximum Gasteiger partial charge on any atom is 0.225 e. The average Bonchev–Trinajstić information content (AvgIpc) is 2.47. The van der Waals surface area contributed by atoms with E-state index in [0.717, 1.165) is 17.7 Å². The van der Waals surface area contributed by atoms with E-state index in [1.807, 2.05) is 26.2 Å². The van der Waals surface area contributed by atoms with Crippen molar-refractivity contribution in [1.29, 1.82) is 0 Å². The van der Waals surface area contributed by atoms with Gasteiger partial charge in [0.2, 0.25) is 5.78 Å². The Hall–Kier alpha value is -2.26. The van der Waals surface area contributed by atoms with Crippen molar-refractivity contribution in [2.45, 2.75) is 6.54 Å². The molecule has 2 aromatic rings. The molecule has 20 heavy (non-hydrogen) atoms. The molecule has 0 fully saturated rings. The molecule has 0 aromatic heterocycles. The minimum Gasteiger partial charge on any atom is -0.305 e. The quantitative estimate of drug-likeness (QED) is 0.475. The lowest BCUT2D eigenvalue weighted by molar-refractivity contribution is -0.104. The van der Waals surface area contributed by atoms with Crippen LogP contribution < -0.4 is 0 Å². The Morgan fingerprint density at radius 1 is 0.950 bits per heavy atom. The molecule has 0 amide bonds. The van der Waals surface area contributed by atoms with E-state index in [-0.39, 0.29) is 0 Å². The predicted octanol–water partition coefficient (Wildman–Crippen LogP) is 2.80. The molecule has 0 radical (unpaired) electrons. The molecule has 0 N–H and O–H groups in total. The smallest absolute Gasteiger partial charge is 0.225 e. The molecule has 2 rings (SSSR count). The molecule has 3 heteroatoms. The molecule has 0 aliphatic rings. The SMILES string of the molecule is CN(C)Cc1ccc(-c2ccc(C(=O)C=O)cc2)cc1. The second-order valence-electron chi connectivity index (χ2n) is 4.99. The number of aldehydes is 1. The van der Waals surface area contributed by atoms with Gasteiger partial charge < -0.3 is 4.90 Å². The largest absolute Gasteiger partial charge is 0.305 e. The summed E-state index contributed by atoms with van der Waals surface area (Å²) in [7, 11) is 4.08. The second kappa shape index (κ2) is 6.26. The van der Waals surface area contributed by atoms with Gasteiger partial charge in [-0.15, -0.1) is 0 Å². The van der Waals surface area contributed by atoms with Crippen molar-refractivity contribution in [3.05, 3.63) is 59.7 Å². The Morgan fingerprint density at radius 3 is 1.90 bits per heavy atom. The Labute approximate surface area is 118 Å². The number of carbonyl (C=O) groups excluding carboxylic acids is 2. The molecule has 0 saturated heterocycles. The predicted molar refractivity (Wildman–Crippen MR) is 79.7 cm³/mol. The lowest BCUT2D eigenvalue weighted by Gasteiger charge is -2.10. The zero-order chi connectivity index (χ0) is 14.5. The van der Waals surface area contributed by atoms with Gasteiger partial charge in [-0.05, 0) is 30.8 Å². The number of hydrogen-bond donors (Lipinski definition) is 0. The molecule has 0 heterocycles. The molecule has 0 bridgehead atoms. The van der Waals surface area contributed by atoms with E-state index >= 15 is 0 Å². The third-order valence-corrected chi connectivity index (χ3v) is 3.06. The maximum atomic E-state index is 11.2. The summed E-state index contributed by atoms with van der Waals surface area (Å²) in [6, 6.07) is 15.4. The number of hydrogen-bond acceptors (Lipinski definition) is 3. The van der Waals surface area contributed by atoms with Gasteiger partial charge in [-0.25, -0.2) is 0 Å². The molecule has 0 spiro atoms. The van der Waals surface area contributed by atoms with Crippen LogP contribution in [0.2, 0.25) is 0 Å². The van der Waals surface area contributed by atoms with Crippen LogP contribution in [-0.2, 0) is 11.3 Å². The summed E-state index contributed by atoms with van der Waals surface area (Å²) in [6.45, 7) is 0.910. The van der Waals surface area contributed by atoms with E-state index in [4.69, 9.17) is 0 Å². The zero-order valence-corrected chi connectivity index (χ0v) is 11.7. The van der Waals surface area contributed by atoms with E-state index in [9.17, 15) is 9.59 Å². The topological polar surface area (TPSA) is 37.4 Å². The minimum atomic E-state index is -0.488. The van der Waals surface area contributed by atoms with Crippen LogP contribution >= 0.6 is 0 Å². The van der Waals surface area contributed by atoms with Crippen molar-refractivity contribution in [3.63, 3.8) is 0 Å². The highest BCUT2D eigenvalue weighted by molar-refractivity contribution is 6.33. The van der Waals surface area contributed by atoms with E-state index in [2.05, 4.69) is 29.2 Å². The highest BCUT2D eigenvalue weighted by Gasteiger charge is 2.04. The molecule has 102 valence electrons. The molecule has 0 aliphatic heterocycles.